The molecule has 1 aromatic heterocycles. The highest BCUT2D eigenvalue weighted by atomic mass is 16.1. The summed E-state index contributed by atoms with van der Waals surface area (Å²) in [5.41, 5.74) is 3.27. The fourth-order valence-corrected chi connectivity index (χ4v) is 1.97. The largest absolute Gasteiger partial charge is 0.298 e. The zero-order valence-corrected chi connectivity index (χ0v) is 7.79. The van der Waals surface area contributed by atoms with Crippen LogP contribution in [0.2, 0.25) is 0 Å². The number of aromatic nitrogens is 1. The summed E-state index contributed by atoms with van der Waals surface area (Å²) in [6, 6.07) is 0. The van der Waals surface area contributed by atoms with Crippen LogP contribution in [0.25, 0.3) is 0 Å². The third-order valence-electron chi connectivity index (χ3n) is 2.77. The van der Waals surface area contributed by atoms with E-state index in [1.807, 2.05) is 6.20 Å². The van der Waals surface area contributed by atoms with Crippen LogP contribution in [0.5, 0.6) is 0 Å². The van der Waals surface area contributed by atoms with Crippen LogP contribution in [-0.4, -0.2) is 11.3 Å². The number of carbonyl (C=O) groups excluding carboxylic acids is 1. The second-order valence-corrected chi connectivity index (χ2v) is 3.83. The van der Waals surface area contributed by atoms with Gasteiger partial charge in [0.15, 0.2) is 6.29 Å². The van der Waals surface area contributed by atoms with Gasteiger partial charge in [-0.1, -0.05) is 6.92 Å². The number of nitrogens with zero attached hydrogens (tertiary/aromatic N) is 1. The first-order valence-corrected chi connectivity index (χ1v) is 4.72. The molecule has 0 saturated heterocycles. The van der Waals surface area contributed by atoms with Gasteiger partial charge in [0.25, 0.3) is 0 Å². The SMILES string of the molecule is CC1CCc2cncc(C=O)c2C1. The van der Waals surface area contributed by atoms with Crippen molar-refractivity contribution in [1.29, 1.82) is 0 Å². The average molecular weight is 175 g/mol. The molecule has 0 aromatic carbocycles. The quantitative estimate of drug-likeness (QED) is 0.611. The monoisotopic (exact) mass is 175 g/mol. The van der Waals surface area contributed by atoms with Crippen molar-refractivity contribution in [2.45, 2.75) is 26.2 Å². The Kier molecular flexibility index (Phi) is 2.13. The van der Waals surface area contributed by atoms with Gasteiger partial charge in [0.05, 0.1) is 0 Å². The lowest BCUT2D eigenvalue weighted by Gasteiger charge is -2.21. The van der Waals surface area contributed by atoms with Crippen molar-refractivity contribution in [2.75, 3.05) is 0 Å². The van der Waals surface area contributed by atoms with Crippen molar-refractivity contribution in [2.24, 2.45) is 5.92 Å². The van der Waals surface area contributed by atoms with Crippen molar-refractivity contribution >= 4 is 6.29 Å². The predicted octanol–water partition coefficient (Wildman–Crippen LogP) is 2.02. The molecule has 1 heterocycles. The zero-order valence-electron chi connectivity index (χ0n) is 7.79. The molecule has 1 aromatic rings. The fraction of sp³-hybridized carbons (Fsp3) is 0.455. The first-order valence-electron chi connectivity index (χ1n) is 4.72. The maximum atomic E-state index is 10.7. The maximum Gasteiger partial charge on any atom is 0.151 e. The first kappa shape index (κ1) is 8.42. The highest BCUT2D eigenvalue weighted by Crippen LogP contribution is 2.26. The van der Waals surface area contributed by atoms with Crippen LogP contribution in [0.4, 0.5) is 0 Å². The lowest BCUT2D eigenvalue weighted by molar-refractivity contribution is 0.112. The highest BCUT2D eigenvalue weighted by Gasteiger charge is 2.17. The summed E-state index contributed by atoms with van der Waals surface area (Å²) in [6.07, 6.45) is 7.82. The van der Waals surface area contributed by atoms with E-state index in [1.54, 1.807) is 6.20 Å². The summed E-state index contributed by atoms with van der Waals surface area (Å²) >= 11 is 0. The molecular formula is C11H13NO. The zero-order chi connectivity index (χ0) is 9.26. The number of carbonyl (C=O) groups is 1. The number of fused-ring (bicyclic) bond motifs is 1. The first-order chi connectivity index (χ1) is 6.31. The van der Waals surface area contributed by atoms with E-state index in [2.05, 4.69) is 11.9 Å². The molecule has 2 heteroatoms. The number of hydrogen-bond donors (Lipinski definition) is 0. The van der Waals surface area contributed by atoms with Gasteiger partial charge in [-0.2, -0.15) is 0 Å². The standard InChI is InChI=1S/C11H13NO/c1-8-2-3-9-5-12-6-10(7-13)11(9)4-8/h5-8H,2-4H2,1H3. The van der Waals surface area contributed by atoms with Gasteiger partial charge in [0.1, 0.15) is 0 Å². The van der Waals surface area contributed by atoms with Gasteiger partial charge in [-0.3, -0.25) is 9.78 Å². The Morgan fingerprint density at radius 3 is 3.15 bits per heavy atom. The molecular weight excluding hydrogens is 162 g/mol. The molecule has 1 atom stereocenters. The van der Waals surface area contributed by atoms with Gasteiger partial charge >= 0.3 is 0 Å². The van der Waals surface area contributed by atoms with Crippen molar-refractivity contribution < 1.29 is 4.79 Å². The molecule has 0 saturated carbocycles. The third-order valence-corrected chi connectivity index (χ3v) is 2.77. The molecule has 1 unspecified atom stereocenters. The van der Waals surface area contributed by atoms with Crippen LogP contribution in [0.3, 0.4) is 0 Å². The molecule has 0 fully saturated rings. The lowest BCUT2D eigenvalue weighted by Crippen LogP contribution is -2.13. The van der Waals surface area contributed by atoms with E-state index in [0.717, 1.165) is 24.7 Å². The van der Waals surface area contributed by atoms with Gasteiger partial charge in [0.2, 0.25) is 0 Å². The Labute approximate surface area is 78.0 Å². The number of aryl methyl sites for hydroxylation is 1. The number of rotatable bonds is 1. The minimum atomic E-state index is 0.702. The van der Waals surface area contributed by atoms with Crippen LogP contribution in [-0.2, 0) is 12.8 Å². The predicted molar refractivity (Wildman–Crippen MR) is 50.8 cm³/mol. The van der Waals surface area contributed by atoms with Crippen molar-refractivity contribution in [1.82, 2.24) is 4.98 Å². The van der Waals surface area contributed by atoms with Gasteiger partial charge in [-0.15, -0.1) is 0 Å². The molecule has 0 N–H and O–H groups in total. The van der Waals surface area contributed by atoms with Crippen LogP contribution in [0, 0.1) is 5.92 Å². The van der Waals surface area contributed by atoms with E-state index >= 15 is 0 Å². The fourth-order valence-electron chi connectivity index (χ4n) is 1.97. The average Bonchev–Trinajstić information content (AvgIpc) is 2.17. The molecule has 0 amide bonds. The molecule has 0 radical (unpaired) electrons. The van der Waals surface area contributed by atoms with E-state index in [-0.39, 0.29) is 0 Å². The molecule has 2 rings (SSSR count). The number of aldehydes is 1. The Morgan fingerprint density at radius 1 is 1.54 bits per heavy atom. The molecule has 2 nitrogen and oxygen atoms in total. The highest BCUT2D eigenvalue weighted by molar-refractivity contribution is 5.77. The summed E-state index contributed by atoms with van der Waals surface area (Å²) in [6.45, 7) is 2.23. The topological polar surface area (TPSA) is 30.0 Å². The van der Waals surface area contributed by atoms with Gasteiger partial charge in [-0.25, -0.2) is 0 Å². The third kappa shape index (κ3) is 1.48. The van der Waals surface area contributed by atoms with Gasteiger partial charge in [0, 0.05) is 18.0 Å². The number of pyridine rings is 1. The van der Waals surface area contributed by atoms with Crippen LogP contribution < -0.4 is 0 Å². The molecule has 1 aliphatic rings. The molecule has 0 aliphatic heterocycles. The Bertz CT molecular complexity index is 333. The normalized spacial score (nSPS) is 20.8. The van der Waals surface area contributed by atoms with E-state index in [4.69, 9.17) is 0 Å². The smallest absolute Gasteiger partial charge is 0.151 e. The molecule has 13 heavy (non-hydrogen) atoms. The van der Waals surface area contributed by atoms with E-state index in [0.29, 0.717) is 5.92 Å². The van der Waals surface area contributed by atoms with Crippen molar-refractivity contribution in [3.8, 4) is 0 Å². The minimum absolute atomic E-state index is 0.702. The number of hydrogen-bond acceptors (Lipinski definition) is 2. The van der Waals surface area contributed by atoms with Crippen LogP contribution in [0.15, 0.2) is 12.4 Å². The summed E-state index contributed by atoms with van der Waals surface area (Å²) < 4.78 is 0. The molecule has 0 spiro atoms. The van der Waals surface area contributed by atoms with E-state index < -0.39 is 0 Å². The summed E-state index contributed by atoms with van der Waals surface area (Å²) in [7, 11) is 0. The Morgan fingerprint density at radius 2 is 2.38 bits per heavy atom. The van der Waals surface area contributed by atoms with Gasteiger partial charge < -0.3 is 0 Å². The minimum Gasteiger partial charge on any atom is -0.298 e. The van der Waals surface area contributed by atoms with E-state index in [9.17, 15) is 4.79 Å². The van der Waals surface area contributed by atoms with Crippen molar-refractivity contribution in [3.63, 3.8) is 0 Å². The van der Waals surface area contributed by atoms with Crippen LogP contribution >= 0.6 is 0 Å². The lowest BCUT2D eigenvalue weighted by atomic mass is 9.84. The van der Waals surface area contributed by atoms with E-state index in [1.165, 1.54) is 17.5 Å². The molecule has 68 valence electrons. The Hall–Kier alpha value is -1.18. The summed E-state index contributed by atoms with van der Waals surface area (Å²) in [5.74, 6) is 0.702. The summed E-state index contributed by atoms with van der Waals surface area (Å²) in [5, 5.41) is 0. The second-order valence-electron chi connectivity index (χ2n) is 3.83. The second kappa shape index (κ2) is 3.29. The van der Waals surface area contributed by atoms with Crippen molar-refractivity contribution in [3.05, 3.63) is 29.1 Å². The molecule has 1 aliphatic carbocycles. The van der Waals surface area contributed by atoms with Gasteiger partial charge in [-0.05, 0) is 36.3 Å². The molecule has 0 bridgehead atoms. The Balaban J connectivity index is 2.46. The maximum absolute atomic E-state index is 10.7. The summed E-state index contributed by atoms with van der Waals surface area (Å²) in [4.78, 5) is 14.8. The van der Waals surface area contributed by atoms with Crippen LogP contribution in [0.1, 0.15) is 34.8 Å².